The Hall–Kier alpha value is -1.17. The molecule has 94 valence electrons. The van der Waals surface area contributed by atoms with E-state index in [1.807, 2.05) is 0 Å². The van der Waals surface area contributed by atoms with Gasteiger partial charge in [-0.2, -0.15) is 13.2 Å². The van der Waals surface area contributed by atoms with E-state index in [1.54, 1.807) is 0 Å². The third kappa shape index (κ3) is 2.01. The van der Waals surface area contributed by atoms with E-state index < -0.39 is 23.8 Å². The number of carbonyl (C=O) groups is 1. The predicted octanol–water partition coefficient (Wildman–Crippen LogP) is 2.96. The van der Waals surface area contributed by atoms with Crippen LogP contribution in [0.1, 0.15) is 23.7 Å². The van der Waals surface area contributed by atoms with Crippen LogP contribution in [0.4, 0.5) is 13.2 Å². The number of hydrogen-bond donors (Lipinski definition) is 0. The Bertz CT molecular complexity index is 467. The molecule has 17 heavy (non-hydrogen) atoms. The Morgan fingerprint density at radius 2 is 2.18 bits per heavy atom. The molecule has 0 spiro atoms. The number of hydrogen-bond acceptors (Lipinski definition) is 2. The van der Waals surface area contributed by atoms with Gasteiger partial charge in [0.2, 0.25) is 0 Å². The number of ether oxygens (including phenoxy) is 1. The Kier molecular flexibility index (Phi) is 2.85. The number of nitrogens with zero attached hydrogens (tertiary/aromatic N) is 1. The van der Waals surface area contributed by atoms with Crippen molar-refractivity contribution in [1.82, 2.24) is 4.57 Å². The first kappa shape index (κ1) is 12.3. The van der Waals surface area contributed by atoms with Crippen molar-refractivity contribution >= 4 is 17.6 Å². The second-order valence-corrected chi connectivity index (χ2v) is 4.20. The summed E-state index contributed by atoms with van der Waals surface area (Å²) in [4.78, 5) is 11.3. The summed E-state index contributed by atoms with van der Waals surface area (Å²) in [5.74, 6) is -0.520. The molecule has 2 heterocycles. The van der Waals surface area contributed by atoms with E-state index in [9.17, 15) is 18.0 Å². The van der Waals surface area contributed by atoms with Crippen LogP contribution in [0.3, 0.4) is 0 Å². The summed E-state index contributed by atoms with van der Waals surface area (Å²) in [6.45, 7) is 1.67. The third-order valence-corrected chi connectivity index (χ3v) is 3.24. The SMILES string of the molecule is Cc1c(Cl)c(C(F)(F)F)cn1C1CCOC1=O. The van der Waals surface area contributed by atoms with Gasteiger partial charge in [0.1, 0.15) is 6.04 Å². The number of esters is 1. The molecule has 3 nitrogen and oxygen atoms in total. The molecule has 0 aromatic carbocycles. The maximum absolute atomic E-state index is 12.6. The van der Waals surface area contributed by atoms with Crippen molar-refractivity contribution in [1.29, 1.82) is 0 Å². The molecule has 0 saturated carbocycles. The summed E-state index contributed by atoms with van der Waals surface area (Å²) in [7, 11) is 0. The zero-order chi connectivity index (χ0) is 12.8. The molecule has 0 radical (unpaired) electrons. The number of rotatable bonds is 1. The van der Waals surface area contributed by atoms with Crippen molar-refractivity contribution in [2.45, 2.75) is 25.6 Å². The molecule has 0 bridgehead atoms. The second-order valence-electron chi connectivity index (χ2n) is 3.82. The maximum Gasteiger partial charge on any atom is 0.419 e. The van der Waals surface area contributed by atoms with Crippen molar-refractivity contribution in [3.8, 4) is 0 Å². The van der Waals surface area contributed by atoms with E-state index in [2.05, 4.69) is 0 Å². The van der Waals surface area contributed by atoms with Crippen molar-refractivity contribution in [2.75, 3.05) is 6.61 Å². The molecular formula is C10H9ClF3NO2. The Morgan fingerprint density at radius 3 is 2.59 bits per heavy atom. The zero-order valence-electron chi connectivity index (χ0n) is 8.84. The smallest absolute Gasteiger partial charge is 0.419 e. The molecule has 0 aliphatic carbocycles. The first-order valence-corrected chi connectivity index (χ1v) is 5.31. The van der Waals surface area contributed by atoms with Gasteiger partial charge in [0.05, 0.1) is 17.2 Å². The van der Waals surface area contributed by atoms with E-state index in [0.717, 1.165) is 6.20 Å². The molecule has 0 amide bonds. The van der Waals surface area contributed by atoms with Gasteiger partial charge in [-0.25, -0.2) is 4.79 Å². The van der Waals surface area contributed by atoms with Crippen LogP contribution in [0, 0.1) is 6.92 Å². The standard InChI is InChI=1S/C10H9ClF3NO2/c1-5-8(11)6(10(12,13)14)4-15(5)7-2-3-17-9(7)16/h4,7H,2-3H2,1H3. The summed E-state index contributed by atoms with van der Waals surface area (Å²) in [6, 6.07) is -0.705. The molecule has 1 aliphatic rings. The maximum atomic E-state index is 12.6. The number of carbonyl (C=O) groups excluding carboxylic acids is 1. The van der Waals surface area contributed by atoms with Crippen molar-refractivity contribution in [3.63, 3.8) is 0 Å². The summed E-state index contributed by atoms with van der Waals surface area (Å²) >= 11 is 5.63. The van der Waals surface area contributed by atoms with Crippen LogP contribution >= 0.6 is 11.6 Å². The first-order chi connectivity index (χ1) is 7.82. The fourth-order valence-corrected chi connectivity index (χ4v) is 2.11. The largest absolute Gasteiger partial charge is 0.464 e. The predicted molar refractivity (Wildman–Crippen MR) is 53.8 cm³/mol. The minimum absolute atomic E-state index is 0.222. The van der Waals surface area contributed by atoms with Gasteiger partial charge in [-0.05, 0) is 6.92 Å². The Balaban J connectivity index is 2.46. The van der Waals surface area contributed by atoms with Gasteiger partial charge in [0, 0.05) is 18.3 Å². The molecule has 0 N–H and O–H groups in total. The van der Waals surface area contributed by atoms with Crippen molar-refractivity contribution in [2.24, 2.45) is 0 Å². The highest BCUT2D eigenvalue weighted by atomic mass is 35.5. The van der Waals surface area contributed by atoms with E-state index in [1.165, 1.54) is 11.5 Å². The minimum Gasteiger partial charge on any atom is -0.464 e. The quantitative estimate of drug-likeness (QED) is 0.733. The number of cyclic esters (lactones) is 1. The van der Waals surface area contributed by atoms with Crippen LogP contribution in [0.5, 0.6) is 0 Å². The number of alkyl halides is 3. The molecule has 7 heteroatoms. The Morgan fingerprint density at radius 1 is 1.53 bits per heavy atom. The lowest BCUT2D eigenvalue weighted by molar-refractivity contribution is -0.141. The average molecular weight is 268 g/mol. The first-order valence-electron chi connectivity index (χ1n) is 4.93. The third-order valence-electron chi connectivity index (χ3n) is 2.76. The van der Waals surface area contributed by atoms with Gasteiger partial charge in [-0.3, -0.25) is 0 Å². The van der Waals surface area contributed by atoms with E-state index in [-0.39, 0.29) is 17.3 Å². The topological polar surface area (TPSA) is 31.2 Å². The fraction of sp³-hybridized carbons (Fsp3) is 0.500. The second kappa shape index (κ2) is 3.94. The molecule has 1 aliphatic heterocycles. The van der Waals surface area contributed by atoms with E-state index in [4.69, 9.17) is 16.3 Å². The van der Waals surface area contributed by atoms with Gasteiger partial charge in [-0.15, -0.1) is 0 Å². The molecule has 1 unspecified atom stereocenters. The van der Waals surface area contributed by atoms with Crippen LogP contribution in [-0.4, -0.2) is 17.1 Å². The van der Waals surface area contributed by atoms with Crippen molar-refractivity contribution in [3.05, 3.63) is 22.5 Å². The lowest BCUT2D eigenvalue weighted by Crippen LogP contribution is -2.14. The molecule has 2 rings (SSSR count). The van der Waals surface area contributed by atoms with Crippen molar-refractivity contribution < 1.29 is 22.7 Å². The van der Waals surface area contributed by atoms with Gasteiger partial charge >= 0.3 is 12.1 Å². The summed E-state index contributed by atoms with van der Waals surface area (Å²) < 4.78 is 43.8. The summed E-state index contributed by atoms with van der Waals surface area (Å²) in [5.41, 5.74) is -0.695. The lowest BCUT2D eigenvalue weighted by atomic mass is 10.2. The van der Waals surface area contributed by atoms with Crippen LogP contribution in [0.25, 0.3) is 0 Å². The number of aromatic nitrogens is 1. The highest BCUT2D eigenvalue weighted by molar-refractivity contribution is 6.32. The zero-order valence-corrected chi connectivity index (χ0v) is 9.60. The highest BCUT2D eigenvalue weighted by Gasteiger charge is 2.38. The number of halogens is 4. The van der Waals surface area contributed by atoms with Crippen LogP contribution in [0.15, 0.2) is 6.20 Å². The van der Waals surface area contributed by atoms with Gasteiger partial charge in [0.15, 0.2) is 0 Å². The van der Waals surface area contributed by atoms with Crippen LogP contribution < -0.4 is 0 Å². The molecule has 1 aromatic rings. The van der Waals surface area contributed by atoms with Gasteiger partial charge in [0.25, 0.3) is 0 Å². The molecule has 1 fully saturated rings. The molecule has 1 saturated heterocycles. The minimum atomic E-state index is -4.52. The monoisotopic (exact) mass is 267 g/mol. The molecular weight excluding hydrogens is 259 g/mol. The van der Waals surface area contributed by atoms with Gasteiger partial charge < -0.3 is 9.30 Å². The summed E-state index contributed by atoms with van der Waals surface area (Å²) in [6.07, 6.45) is -3.29. The molecule has 1 aromatic heterocycles. The van der Waals surface area contributed by atoms with E-state index >= 15 is 0 Å². The lowest BCUT2D eigenvalue weighted by Gasteiger charge is -2.10. The van der Waals surface area contributed by atoms with Crippen LogP contribution in [-0.2, 0) is 15.7 Å². The Labute approximate surface area is 100 Å². The average Bonchev–Trinajstić information content (AvgIpc) is 2.73. The van der Waals surface area contributed by atoms with Gasteiger partial charge in [-0.1, -0.05) is 11.6 Å². The van der Waals surface area contributed by atoms with Crippen LogP contribution in [0.2, 0.25) is 5.02 Å². The highest BCUT2D eigenvalue weighted by Crippen LogP contribution is 2.39. The van der Waals surface area contributed by atoms with E-state index in [0.29, 0.717) is 6.42 Å². The fourth-order valence-electron chi connectivity index (χ4n) is 1.86. The summed E-state index contributed by atoms with van der Waals surface area (Å²) in [5, 5.41) is -0.364. The normalized spacial score (nSPS) is 20.8. The molecule has 1 atom stereocenters.